The van der Waals surface area contributed by atoms with Crippen LogP contribution in [-0.4, -0.2) is 22.7 Å². The first-order chi connectivity index (χ1) is 13.7. The van der Waals surface area contributed by atoms with Crippen LogP contribution in [0.5, 0.6) is 5.75 Å². The maximum atomic E-state index is 13.2. The van der Waals surface area contributed by atoms with E-state index in [4.69, 9.17) is 21.4 Å². The monoisotopic (exact) mass is 388 g/mol. The average Bonchev–Trinajstić information content (AvgIpc) is 3.20. The highest BCUT2D eigenvalue weighted by molar-refractivity contribution is 6.30. The molecule has 3 aromatic rings. The summed E-state index contributed by atoms with van der Waals surface area (Å²) in [5.41, 5.74) is 3.63. The maximum Gasteiger partial charge on any atom is 0.251 e. The van der Waals surface area contributed by atoms with E-state index in [1.807, 2.05) is 59.6 Å². The zero-order valence-electron chi connectivity index (χ0n) is 15.0. The quantitative estimate of drug-likeness (QED) is 0.587. The Hall–Kier alpha value is -3.11. The van der Waals surface area contributed by atoms with Gasteiger partial charge in [-0.25, -0.2) is 5.01 Å². The van der Waals surface area contributed by atoms with E-state index in [1.165, 1.54) is 0 Å². The van der Waals surface area contributed by atoms with E-state index in [1.54, 1.807) is 24.3 Å². The van der Waals surface area contributed by atoms with Gasteiger partial charge in [0, 0.05) is 22.6 Å². The molecule has 0 aliphatic carbocycles. The van der Waals surface area contributed by atoms with Crippen molar-refractivity contribution in [1.29, 1.82) is 0 Å². The Bertz CT molecular complexity index is 1060. The number of benzene rings is 3. The van der Waals surface area contributed by atoms with Gasteiger partial charge in [0.2, 0.25) is 5.78 Å². The van der Waals surface area contributed by atoms with Crippen molar-refractivity contribution < 1.29 is 9.53 Å². The van der Waals surface area contributed by atoms with Gasteiger partial charge in [-0.05, 0) is 35.9 Å². The summed E-state index contributed by atoms with van der Waals surface area (Å²) in [6, 6.07) is 24.8. The molecule has 2 aliphatic heterocycles. The van der Waals surface area contributed by atoms with Crippen LogP contribution in [0.2, 0.25) is 5.02 Å². The van der Waals surface area contributed by atoms with Gasteiger partial charge < -0.3 is 4.74 Å². The number of ether oxygens (including phenoxy) is 1. The van der Waals surface area contributed by atoms with Crippen molar-refractivity contribution in [2.45, 2.75) is 18.7 Å². The summed E-state index contributed by atoms with van der Waals surface area (Å²) >= 11 is 5.97. The van der Waals surface area contributed by atoms with Crippen LogP contribution in [0.25, 0.3) is 0 Å². The molecule has 0 spiro atoms. The van der Waals surface area contributed by atoms with E-state index in [2.05, 4.69) is 0 Å². The van der Waals surface area contributed by atoms with Gasteiger partial charge >= 0.3 is 0 Å². The van der Waals surface area contributed by atoms with E-state index in [-0.39, 0.29) is 11.8 Å². The molecular weight excluding hydrogens is 372 g/mol. The lowest BCUT2D eigenvalue weighted by Crippen LogP contribution is -2.45. The van der Waals surface area contributed by atoms with Crippen LogP contribution < -0.4 is 4.74 Å². The standard InChI is InChI=1S/C23H17ClN2O2/c24-17-12-10-16(11-13-17)22(27)23-26-20(18-8-4-5-9-21(18)28-23)14-19(25-26)15-6-2-1-3-7-15/h1-13,20,23H,14H2/t20-,23-/m0/s1. The molecule has 0 saturated heterocycles. The second kappa shape index (κ2) is 6.80. The first kappa shape index (κ1) is 17.0. The summed E-state index contributed by atoms with van der Waals surface area (Å²) in [4.78, 5) is 13.2. The molecular formula is C23H17ClN2O2. The van der Waals surface area contributed by atoms with E-state index < -0.39 is 6.23 Å². The van der Waals surface area contributed by atoms with Crippen molar-refractivity contribution in [3.63, 3.8) is 0 Å². The molecule has 0 aromatic heterocycles. The molecule has 0 amide bonds. The van der Waals surface area contributed by atoms with Gasteiger partial charge in [0.05, 0.1) is 11.8 Å². The predicted octanol–water partition coefficient (Wildman–Crippen LogP) is 5.09. The van der Waals surface area contributed by atoms with Gasteiger partial charge in [-0.15, -0.1) is 0 Å². The summed E-state index contributed by atoms with van der Waals surface area (Å²) in [6.07, 6.45) is -0.0725. The number of hydrogen-bond acceptors (Lipinski definition) is 4. The molecule has 0 saturated carbocycles. The fourth-order valence-corrected chi connectivity index (χ4v) is 3.89. The zero-order valence-corrected chi connectivity index (χ0v) is 15.7. The fourth-order valence-electron chi connectivity index (χ4n) is 3.77. The molecule has 0 N–H and O–H groups in total. The molecule has 28 heavy (non-hydrogen) atoms. The summed E-state index contributed by atoms with van der Waals surface area (Å²) in [5, 5.41) is 7.20. The van der Waals surface area contributed by atoms with Gasteiger partial charge in [-0.3, -0.25) is 4.79 Å². The Morgan fingerprint density at radius 3 is 2.46 bits per heavy atom. The first-order valence-electron chi connectivity index (χ1n) is 9.17. The molecule has 3 aromatic carbocycles. The van der Waals surface area contributed by atoms with Gasteiger partial charge in [0.1, 0.15) is 5.75 Å². The van der Waals surface area contributed by atoms with Crippen LogP contribution in [0.3, 0.4) is 0 Å². The molecule has 0 unspecified atom stereocenters. The van der Waals surface area contributed by atoms with E-state index in [9.17, 15) is 4.79 Å². The minimum Gasteiger partial charge on any atom is -0.461 e. The molecule has 2 heterocycles. The number of hydrogen-bond donors (Lipinski definition) is 0. The summed E-state index contributed by atoms with van der Waals surface area (Å²) in [6.45, 7) is 0. The third-order valence-corrected chi connectivity index (χ3v) is 5.41. The highest BCUT2D eigenvalue weighted by atomic mass is 35.5. The molecule has 0 bridgehead atoms. The number of ketones is 1. The number of carbonyl (C=O) groups is 1. The lowest BCUT2D eigenvalue weighted by molar-refractivity contribution is -0.00455. The summed E-state index contributed by atoms with van der Waals surface area (Å²) in [5.74, 6) is 0.606. The Labute approximate surface area is 168 Å². The van der Waals surface area contributed by atoms with Crippen molar-refractivity contribution >= 4 is 23.1 Å². The van der Waals surface area contributed by atoms with Crippen LogP contribution in [0.15, 0.2) is 84.0 Å². The number of fused-ring (bicyclic) bond motifs is 3. The first-order valence-corrected chi connectivity index (χ1v) is 9.55. The topological polar surface area (TPSA) is 41.9 Å². The van der Waals surface area contributed by atoms with E-state index >= 15 is 0 Å². The second-order valence-corrected chi connectivity index (χ2v) is 7.33. The van der Waals surface area contributed by atoms with Crippen molar-refractivity contribution in [2.24, 2.45) is 5.10 Å². The number of hydrazone groups is 1. The van der Waals surface area contributed by atoms with Crippen LogP contribution in [-0.2, 0) is 0 Å². The Morgan fingerprint density at radius 1 is 0.964 bits per heavy atom. The number of nitrogens with zero attached hydrogens (tertiary/aromatic N) is 2. The van der Waals surface area contributed by atoms with Crippen LogP contribution >= 0.6 is 11.6 Å². The molecule has 0 radical (unpaired) electrons. The highest BCUT2D eigenvalue weighted by Gasteiger charge is 2.43. The average molecular weight is 389 g/mol. The Morgan fingerprint density at radius 2 is 1.68 bits per heavy atom. The SMILES string of the molecule is O=C(c1ccc(Cl)cc1)[C@@H]1Oc2ccccc2[C@@H]2CC(c3ccccc3)=NN12. The van der Waals surface area contributed by atoms with Crippen LogP contribution in [0.1, 0.15) is 33.9 Å². The minimum atomic E-state index is -0.803. The normalized spacial score (nSPS) is 20.0. The Balaban J connectivity index is 1.56. The van der Waals surface area contributed by atoms with Crippen molar-refractivity contribution in [3.05, 3.63) is 101 Å². The molecule has 4 nitrogen and oxygen atoms in total. The number of rotatable bonds is 3. The van der Waals surface area contributed by atoms with Crippen molar-refractivity contribution in [1.82, 2.24) is 5.01 Å². The van der Waals surface area contributed by atoms with Crippen molar-refractivity contribution in [2.75, 3.05) is 0 Å². The largest absolute Gasteiger partial charge is 0.461 e. The molecule has 2 atom stereocenters. The number of halogens is 1. The van der Waals surface area contributed by atoms with Gasteiger partial charge in [-0.2, -0.15) is 5.10 Å². The smallest absolute Gasteiger partial charge is 0.251 e. The summed E-state index contributed by atoms with van der Waals surface area (Å²) in [7, 11) is 0. The maximum absolute atomic E-state index is 13.2. The molecule has 5 rings (SSSR count). The van der Waals surface area contributed by atoms with Crippen LogP contribution in [0.4, 0.5) is 0 Å². The van der Waals surface area contributed by atoms with E-state index in [0.29, 0.717) is 10.6 Å². The third-order valence-electron chi connectivity index (χ3n) is 5.16. The van der Waals surface area contributed by atoms with Crippen LogP contribution in [0, 0.1) is 0 Å². The van der Waals surface area contributed by atoms with Crippen molar-refractivity contribution in [3.8, 4) is 5.75 Å². The van der Waals surface area contributed by atoms with Gasteiger partial charge in [0.25, 0.3) is 6.23 Å². The Kier molecular flexibility index (Phi) is 4.14. The lowest BCUT2D eigenvalue weighted by atomic mass is 9.96. The summed E-state index contributed by atoms with van der Waals surface area (Å²) < 4.78 is 6.11. The number of para-hydroxylation sites is 1. The number of Topliss-reactive ketones (excluding diaryl/α,β-unsaturated/α-hetero) is 1. The fraction of sp³-hybridized carbons (Fsp3) is 0.130. The second-order valence-electron chi connectivity index (χ2n) is 6.89. The molecule has 2 aliphatic rings. The minimum absolute atomic E-state index is 0.0265. The molecule has 0 fully saturated rings. The van der Waals surface area contributed by atoms with Gasteiger partial charge in [0.15, 0.2) is 0 Å². The molecule has 138 valence electrons. The van der Waals surface area contributed by atoms with E-state index in [0.717, 1.165) is 29.0 Å². The highest BCUT2D eigenvalue weighted by Crippen LogP contribution is 2.43. The molecule has 5 heteroatoms. The lowest BCUT2D eigenvalue weighted by Gasteiger charge is -2.37. The number of carbonyl (C=O) groups excluding carboxylic acids is 1. The predicted molar refractivity (Wildman–Crippen MR) is 109 cm³/mol. The van der Waals surface area contributed by atoms with Gasteiger partial charge in [-0.1, -0.05) is 60.1 Å². The zero-order chi connectivity index (χ0) is 19.1. The third kappa shape index (κ3) is 2.86.